The van der Waals surface area contributed by atoms with Gasteiger partial charge >= 0.3 is 0 Å². The topological polar surface area (TPSA) is 66.5 Å². The van der Waals surface area contributed by atoms with Crippen molar-refractivity contribution in [2.24, 2.45) is 5.92 Å². The van der Waals surface area contributed by atoms with Gasteiger partial charge in [0.2, 0.25) is 15.9 Å². The molecule has 7 heteroatoms. The quantitative estimate of drug-likeness (QED) is 0.720. The minimum Gasteiger partial charge on any atom is -0.355 e. The third-order valence-electron chi connectivity index (χ3n) is 5.19. The second-order valence-corrected chi connectivity index (χ2v) is 10.4. The van der Waals surface area contributed by atoms with Crippen LogP contribution in [-0.2, 0) is 14.8 Å². The van der Waals surface area contributed by atoms with Crippen LogP contribution in [0.3, 0.4) is 0 Å². The number of carbonyl (C=O) groups is 1. The van der Waals surface area contributed by atoms with Crippen molar-refractivity contribution < 1.29 is 13.2 Å². The molecule has 1 amide bonds. The highest BCUT2D eigenvalue weighted by Crippen LogP contribution is 2.29. The summed E-state index contributed by atoms with van der Waals surface area (Å²) in [6.45, 7) is 1.43. The molecule has 1 aromatic rings. The molecule has 1 aliphatic carbocycles. The number of nitrogens with one attached hydrogen (secondary N) is 1. The Labute approximate surface area is 161 Å². The smallest absolute Gasteiger partial charge is 0.243 e. The number of thioether (sulfide) groups is 1. The molecule has 1 aliphatic heterocycles. The number of piperidine rings is 1. The molecule has 5 nitrogen and oxygen atoms in total. The Kier molecular flexibility index (Phi) is 7.00. The van der Waals surface area contributed by atoms with Crippen molar-refractivity contribution in [1.29, 1.82) is 0 Å². The standard InChI is InChI=1S/C19H28N2O3S2/c22-19(20-12-14-25-17-8-4-5-9-17)16-7-6-13-21(15-16)26(23,24)18-10-2-1-3-11-18/h1-3,10-11,16-17H,4-9,12-15H2,(H,20,22). The first-order valence-electron chi connectivity index (χ1n) is 9.52. The van der Waals surface area contributed by atoms with Crippen molar-refractivity contribution in [3.63, 3.8) is 0 Å². The van der Waals surface area contributed by atoms with Crippen LogP contribution in [-0.4, -0.2) is 49.3 Å². The van der Waals surface area contributed by atoms with E-state index in [-0.39, 0.29) is 18.4 Å². The van der Waals surface area contributed by atoms with Gasteiger partial charge in [-0.2, -0.15) is 16.1 Å². The number of benzene rings is 1. The highest BCUT2D eigenvalue weighted by atomic mass is 32.2. The van der Waals surface area contributed by atoms with E-state index in [1.807, 2.05) is 11.8 Å². The van der Waals surface area contributed by atoms with Gasteiger partial charge in [-0.3, -0.25) is 4.79 Å². The molecule has 2 aliphatic rings. The fraction of sp³-hybridized carbons (Fsp3) is 0.632. The monoisotopic (exact) mass is 396 g/mol. The molecule has 0 aromatic heterocycles. The normalized spacial score (nSPS) is 22.4. The second-order valence-electron chi connectivity index (χ2n) is 7.08. The Morgan fingerprint density at radius 2 is 1.85 bits per heavy atom. The highest BCUT2D eigenvalue weighted by molar-refractivity contribution is 7.99. The molecule has 1 saturated carbocycles. The summed E-state index contributed by atoms with van der Waals surface area (Å²) < 4.78 is 27.0. The number of rotatable bonds is 7. The van der Waals surface area contributed by atoms with Crippen molar-refractivity contribution in [2.75, 3.05) is 25.4 Å². The van der Waals surface area contributed by atoms with Gasteiger partial charge in [0.1, 0.15) is 0 Å². The van der Waals surface area contributed by atoms with Crippen molar-refractivity contribution in [2.45, 2.75) is 48.7 Å². The third-order valence-corrected chi connectivity index (χ3v) is 8.45. The zero-order valence-corrected chi connectivity index (χ0v) is 16.7. The van der Waals surface area contributed by atoms with Crippen LogP contribution in [0, 0.1) is 5.92 Å². The summed E-state index contributed by atoms with van der Waals surface area (Å²) in [5.74, 6) is 0.679. The Bertz CT molecular complexity index is 688. The van der Waals surface area contributed by atoms with Crippen LogP contribution in [0.4, 0.5) is 0 Å². The molecule has 144 valence electrons. The van der Waals surface area contributed by atoms with Crippen molar-refractivity contribution in [3.8, 4) is 0 Å². The maximum Gasteiger partial charge on any atom is 0.243 e. The molecule has 1 saturated heterocycles. The molecule has 2 fully saturated rings. The van der Waals surface area contributed by atoms with Crippen molar-refractivity contribution in [1.82, 2.24) is 9.62 Å². The average Bonchev–Trinajstić information content (AvgIpc) is 3.19. The number of sulfonamides is 1. The van der Waals surface area contributed by atoms with E-state index in [1.54, 1.807) is 30.3 Å². The molecule has 26 heavy (non-hydrogen) atoms. The lowest BCUT2D eigenvalue weighted by Crippen LogP contribution is -2.45. The summed E-state index contributed by atoms with van der Waals surface area (Å²) in [7, 11) is -3.52. The van der Waals surface area contributed by atoms with Gasteiger partial charge in [0.25, 0.3) is 0 Å². The maximum absolute atomic E-state index is 12.8. The molecule has 1 N–H and O–H groups in total. The van der Waals surface area contributed by atoms with Gasteiger partial charge in [0, 0.05) is 30.6 Å². The van der Waals surface area contributed by atoms with Crippen LogP contribution < -0.4 is 5.32 Å². The number of carbonyl (C=O) groups excluding carboxylic acids is 1. The number of hydrogen-bond donors (Lipinski definition) is 1. The minimum absolute atomic E-state index is 0.00927. The van der Waals surface area contributed by atoms with E-state index in [9.17, 15) is 13.2 Å². The van der Waals surface area contributed by atoms with Gasteiger partial charge in [0.05, 0.1) is 10.8 Å². The summed E-state index contributed by atoms with van der Waals surface area (Å²) >= 11 is 1.95. The van der Waals surface area contributed by atoms with Crippen LogP contribution in [0.5, 0.6) is 0 Å². The van der Waals surface area contributed by atoms with Crippen LogP contribution in [0.2, 0.25) is 0 Å². The molecule has 0 radical (unpaired) electrons. The van der Waals surface area contributed by atoms with Gasteiger partial charge in [-0.1, -0.05) is 31.0 Å². The summed E-state index contributed by atoms with van der Waals surface area (Å²) in [5.41, 5.74) is 0. The molecule has 0 bridgehead atoms. The Morgan fingerprint density at radius 1 is 1.12 bits per heavy atom. The van der Waals surface area contributed by atoms with E-state index in [0.29, 0.717) is 18.0 Å². The maximum atomic E-state index is 12.8. The van der Waals surface area contributed by atoms with Crippen LogP contribution >= 0.6 is 11.8 Å². The molecule has 1 aromatic carbocycles. The first kappa shape index (κ1) is 19.7. The molecule has 0 spiro atoms. The molecule has 1 atom stereocenters. The molecule has 3 rings (SSSR count). The number of amides is 1. The Hall–Kier alpha value is -1.05. The lowest BCUT2D eigenvalue weighted by atomic mass is 9.99. The zero-order chi connectivity index (χ0) is 18.4. The largest absolute Gasteiger partial charge is 0.355 e. The lowest BCUT2D eigenvalue weighted by molar-refractivity contribution is -0.125. The summed E-state index contributed by atoms with van der Waals surface area (Å²) in [6.07, 6.45) is 6.74. The predicted octanol–water partition coefficient (Wildman–Crippen LogP) is 2.88. The summed E-state index contributed by atoms with van der Waals surface area (Å²) in [6, 6.07) is 8.47. The van der Waals surface area contributed by atoms with Gasteiger partial charge in [0.15, 0.2) is 0 Å². The van der Waals surface area contributed by atoms with Gasteiger partial charge in [-0.25, -0.2) is 8.42 Å². The molecule has 1 heterocycles. The second kappa shape index (κ2) is 9.24. The summed E-state index contributed by atoms with van der Waals surface area (Å²) in [4.78, 5) is 12.8. The van der Waals surface area contributed by atoms with Gasteiger partial charge < -0.3 is 5.32 Å². The number of nitrogens with zero attached hydrogens (tertiary/aromatic N) is 1. The average molecular weight is 397 g/mol. The third kappa shape index (κ3) is 5.02. The van der Waals surface area contributed by atoms with Crippen LogP contribution in [0.1, 0.15) is 38.5 Å². The van der Waals surface area contributed by atoms with Crippen LogP contribution in [0.25, 0.3) is 0 Å². The highest BCUT2D eigenvalue weighted by Gasteiger charge is 2.33. The lowest BCUT2D eigenvalue weighted by Gasteiger charge is -2.31. The van der Waals surface area contributed by atoms with E-state index in [2.05, 4.69) is 5.32 Å². The SMILES string of the molecule is O=C(NCCSC1CCCC1)C1CCCN(S(=O)(=O)c2ccccc2)C1. The van der Waals surface area contributed by atoms with Crippen LogP contribution in [0.15, 0.2) is 35.2 Å². The molecular formula is C19H28N2O3S2. The van der Waals surface area contributed by atoms with E-state index < -0.39 is 10.0 Å². The summed E-state index contributed by atoms with van der Waals surface area (Å²) in [5, 5.41) is 3.76. The fourth-order valence-corrected chi connectivity index (χ4v) is 6.48. The first-order chi connectivity index (χ1) is 12.6. The van der Waals surface area contributed by atoms with Crippen molar-refractivity contribution >= 4 is 27.7 Å². The van der Waals surface area contributed by atoms with Crippen molar-refractivity contribution in [3.05, 3.63) is 30.3 Å². The van der Waals surface area contributed by atoms with Gasteiger partial charge in [-0.15, -0.1) is 0 Å². The van der Waals surface area contributed by atoms with E-state index in [1.165, 1.54) is 30.0 Å². The molecule has 1 unspecified atom stereocenters. The first-order valence-corrected chi connectivity index (χ1v) is 12.0. The molecular weight excluding hydrogens is 368 g/mol. The fourth-order valence-electron chi connectivity index (χ4n) is 3.72. The predicted molar refractivity (Wildman–Crippen MR) is 106 cm³/mol. The van der Waals surface area contributed by atoms with Gasteiger partial charge in [-0.05, 0) is 37.8 Å². The van der Waals surface area contributed by atoms with E-state index in [4.69, 9.17) is 0 Å². The minimum atomic E-state index is -3.52. The van der Waals surface area contributed by atoms with E-state index in [0.717, 1.165) is 23.8 Å². The number of hydrogen-bond acceptors (Lipinski definition) is 4. The Morgan fingerprint density at radius 3 is 2.58 bits per heavy atom. The zero-order valence-electron chi connectivity index (χ0n) is 15.1. The Balaban J connectivity index is 1.48. The van der Waals surface area contributed by atoms with E-state index >= 15 is 0 Å².